The van der Waals surface area contributed by atoms with Gasteiger partial charge in [0.05, 0.1) is 0 Å². The maximum atomic E-state index is 8.55. The van der Waals surface area contributed by atoms with Crippen molar-refractivity contribution < 1.29 is 185 Å². The fourth-order valence-electron chi connectivity index (χ4n) is 0. The van der Waals surface area contributed by atoms with Crippen molar-refractivity contribution in [2.24, 2.45) is 0 Å². The fourth-order valence-corrected chi connectivity index (χ4v) is 0. The summed E-state index contributed by atoms with van der Waals surface area (Å²) >= 11 is 0. The molecule has 0 rings (SSSR count). The van der Waals surface area contributed by atoms with Crippen LogP contribution < -0.4 is 147 Å². The largest absolute Gasteiger partial charge is 1.00 e. The summed E-state index contributed by atoms with van der Waals surface area (Å²) < 4.78 is 8.55. The smallest absolute Gasteiger partial charge is 0.822 e. The van der Waals surface area contributed by atoms with E-state index in [0.717, 1.165) is 0 Å². The van der Waals surface area contributed by atoms with Gasteiger partial charge in [-0.15, -0.1) is 0 Å². The topological polar surface area (TPSA) is 228 Å². The van der Waals surface area contributed by atoms with Crippen LogP contribution in [0.25, 0.3) is 0 Å². The van der Waals surface area contributed by atoms with Crippen LogP contribution in [0.15, 0.2) is 0 Å². The zero-order valence-corrected chi connectivity index (χ0v) is 20.2. The summed E-state index contributed by atoms with van der Waals surface area (Å²) in [5.74, 6) is 0. The standard InChI is InChI=1S/2K.Na.H3O4P.H4O4Si.H3O3P/c;;;2*1-5(2,3)4;1-4(2)3/h;;;(H3,1,2,3,4);1-4H;1-3H/q3*+1;;;/p-3. The van der Waals surface area contributed by atoms with Gasteiger partial charge in [-0.3, -0.25) is 0 Å². The molecule has 90 valence electrons. The van der Waals surface area contributed by atoms with E-state index in [1.54, 1.807) is 0 Å². The predicted molar refractivity (Wildman–Crippen MR) is 35.8 cm³/mol. The van der Waals surface area contributed by atoms with Gasteiger partial charge in [-0.2, -0.15) is 7.82 Å². The van der Waals surface area contributed by atoms with E-state index in [1.807, 2.05) is 0 Å². The molecule has 0 aromatic carbocycles. The van der Waals surface area contributed by atoms with E-state index in [-0.39, 0.29) is 132 Å². The second kappa shape index (κ2) is 20.7. The van der Waals surface area contributed by atoms with E-state index < -0.39 is 25.5 Å². The van der Waals surface area contributed by atoms with Gasteiger partial charge in [-0.1, -0.05) is 0 Å². The van der Waals surface area contributed by atoms with Crippen molar-refractivity contribution in [3.63, 3.8) is 0 Å². The minimum Gasteiger partial charge on any atom is -0.822 e. The van der Waals surface area contributed by atoms with Gasteiger partial charge < -0.3 is 53.1 Å². The average Bonchev–Trinajstić information content (AvgIpc) is 1.45. The molecular formula is H7K2NaO11P2Si. The Morgan fingerprint density at radius 2 is 0.882 bits per heavy atom. The molecule has 0 aliphatic carbocycles. The van der Waals surface area contributed by atoms with Crippen molar-refractivity contribution >= 4 is 25.5 Å². The molecule has 0 aliphatic heterocycles. The zero-order valence-electron chi connectivity index (χ0n) is 9.16. The average molecular weight is 374 g/mol. The van der Waals surface area contributed by atoms with Crippen molar-refractivity contribution in [1.29, 1.82) is 0 Å². The molecule has 11 nitrogen and oxygen atoms in total. The molecule has 0 heterocycles. The monoisotopic (exact) mass is 374 g/mol. The van der Waals surface area contributed by atoms with Crippen LogP contribution in [0.4, 0.5) is 0 Å². The minimum atomic E-state index is -5.39. The van der Waals surface area contributed by atoms with E-state index in [2.05, 4.69) is 0 Å². The first-order chi connectivity index (χ1) is 5.73. The van der Waals surface area contributed by atoms with Crippen molar-refractivity contribution in [1.82, 2.24) is 0 Å². The molecular weight excluding hydrogens is 367 g/mol. The molecule has 0 aromatic rings. The Morgan fingerprint density at radius 3 is 0.882 bits per heavy atom. The molecule has 0 radical (unpaired) electrons. The first-order valence-corrected chi connectivity index (χ1v) is 6.67. The van der Waals surface area contributed by atoms with Crippen LogP contribution in [0.3, 0.4) is 0 Å². The Bertz CT molecular complexity index is 148. The molecule has 17 heavy (non-hydrogen) atoms. The summed E-state index contributed by atoms with van der Waals surface area (Å²) in [7, 11) is -12.6. The Morgan fingerprint density at radius 1 is 0.882 bits per heavy atom. The Kier molecular flexibility index (Phi) is 46.1. The number of phosphoric acid groups is 1. The molecule has 0 unspecified atom stereocenters. The van der Waals surface area contributed by atoms with Crippen LogP contribution in [-0.2, 0) is 4.57 Å². The van der Waals surface area contributed by atoms with E-state index >= 15 is 0 Å². The maximum absolute atomic E-state index is 8.55. The second-order valence-corrected chi connectivity index (χ2v) is 3.95. The van der Waals surface area contributed by atoms with Gasteiger partial charge in [-0.25, -0.2) is 0 Å². The zero-order chi connectivity index (χ0) is 12.6. The molecule has 0 aliphatic rings. The molecule has 0 saturated carbocycles. The first-order valence-electron chi connectivity index (χ1n) is 2.22. The Hall–Kier alpha value is 4.75. The summed E-state index contributed by atoms with van der Waals surface area (Å²) in [6.07, 6.45) is 0. The van der Waals surface area contributed by atoms with Gasteiger partial charge in [0.25, 0.3) is 0 Å². The summed E-state index contributed by atoms with van der Waals surface area (Å²) in [5, 5.41) is 0. The predicted octanol–water partition coefficient (Wildman–Crippen LogP) is -15.2. The summed E-state index contributed by atoms with van der Waals surface area (Å²) in [5.41, 5.74) is 0. The summed E-state index contributed by atoms with van der Waals surface area (Å²) in [6, 6.07) is 0. The third-order valence-electron chi connectivity index (χ3n) is 0. The summed E-state index contributed by atoms with van der Waals surface area (Å²) in [4.78, 5) is 76.6. The van der Waals surface area contributed by atoms with Gasteiger partial charge in [0.2, 0.25) is 0 Å². The first kappa shape index (κ1) is 37.8. The van der Waals surface area contributed by atoms with Gasteiger partial charge in [-0.05, 0) is 0 Å². The van der Waals surface area contributed by atoms with Crippen molar-refractivity contribution in [2.75, 3.05) is 0 Å². The number of hydrogen-bond acceptors (Lipinski definition) is 11. The van der Waals surface area contributed by atoms with Crippen LogP contribution in [0.2, 0.25) is 0 Å². The van der Waals surface area contributed by atoms with E-state index in [0.29, 0.717) is 0 Å². The fraction of sp³-hybridized carbons (Fsp3) is 0. The van der Waals surface area contributed by atoms with Crippen molar-refractivity contribution in [3.8, 4) is 0 Å². The van der Waals surface area contributed by atoms with E-state index in [4.69, 9.17) is 53.1 Å². The molecule has 17 heteroatoms. The molecule has 0 fully saturated rings. The van der Waals surface area contributed by atoms with Gasteiger partial charge in [0.15, 0.2) is 0 Å². The minimum absolute atomic E-state index is 0. The van der Waals surface area contributed by atoms with Crippen LogP contribution in [0.5, 0.6) is 0 Å². The SMILES string of the molecule is O=P([O-])([O-])[O-].OP(O)O.O[Si](O)(O)O.[K+].[K+].[Na+]. The second-order valence-electron chi connectivity index (χ2n) is 1.32. The third kappa shape index (κ3) is 323. The maximum Gasteiger partial charge on any atom is 1.00 e. The van der Waals surface area contributed by atoms with Crippen molar-refractivity contribution in [3.05, 3.63) is 0 Å². The van der Waals surface area contributed by atoms with Gasteiger partial charge in [0.1, 0.15) is 0 Å². The number of rotatable bonds is 0. The number of hydrogen-bond donors (Lipinski definition) is 7. The normalized spacial score (nSPS) is 9.12. The molecule has 0 amide bonds. The van der Waals surface area contributed by atoms with Crippen LogP contribution >= 0.6 is 16.4 Å². The molecule has 0 aromatic heterocycles. The third-order valence-corrected chi connectivity index (χ3v) is 0. The van der Waals surface area contributed by atoms with Crippen molar-refractivity contribution in [2.45, 2.75) is 0 Å². The summed E-state index contributed by atoms with van der Waals surface area (Å²) in [6.45, 7) is 0. The molecule has 7 N–H and O–H groups in total. The van der Waals surface area contributed by atoms with Crippen LogP contribution in [0, 0.1) is 0 Å². The molecule has 0 atom stereocenters. The van der Waals surface area contributed by atoms with Gasteiger partial charge in [0, 0.05) is 0 Å². The Balaban J connectivity index is -0.0000000247. The quantitative estimate of drug-likeness (QED) is 0.155. The van der Waals surface area contributed by atoms with E-state index in [9.17, 15) is 0 Å². The molecule has 0 bridgehead atoms. The van der Waals surface area contributed by atoms with E-state index in [1.165, 1.54) is 0 Å². The van der Waals surface area contributed by atoms with Crippen LogP contribution in [0.1, 0.15) is 0 Å². The van der Waals surface area contributed by atoms with Gasteiger partial charge >= 0.3 is 150 Å². The molecule has 0 spiro atoms. The van der Waals surface area contributed by atoms with Crippen LogP contribution in [-0.4, -0.2) is 42.9 Å². The molecule has 0 saturated heterocycles. The Labute approximate surface area is 206 Å².